The molecule has 0 saturated carbocycles. The van der Waals surface area contributed by atoms with Crippen LogP contribution in [0.3, 0.4) is 0 Å². The summed E-state index contributed by atoms with van der Waals surface area (Å²) in [5, 5.41) is 0.791. The molecule has 14 heavy (non-hydrogen) atoms. The van der Waals surface area contributed by atoms with E-state index in [2.05, 4.69) is 4.98 Å². The third kappa shape index (κ3) is 2.04. The van der Waals surface area contributed by atoms with Crippen LogP contribution in [0.5, 0.6) is 0 Å². The molecule has 0 atom stereocenters. The molecule has 74 valence electrons. The average Bonchev–Trinajstić information content (AvgIpc) is 2.47. The molecule has 0 aliphatic rings. The van der Waals surface area contributed by atoms with Crippen molar-refractivity contribution in [2.45, 2.75) is 10.4 Å². The number of alkyl halides is 3. The maximum Gasteiger partial charge on any atom is 0.446 e. The van der Waals surface area contributed by atoms with Crippen molar-refractivity contribution in [3.8, 4) is 0 Å². The van der Waals surface area contributed by atoms with Gasteiger partial charge >= 0.3 is 5.51 Å². The highest BCUT2D eigenvalue weighted by molar-refractivity contribution is 8.00. The number of thioether (sulfide) groups is 1. The largest absolute Gasteiger partial charge is 0.446 e. The summed E-state index contributed by atoms with van der Waals surface area (Å²) in [6, 6.07) is 6.36. The van der Waals surface area contributed by atoms with Crippen molar-refractivity contribution in [1.29, 1.82) is 0 Å². The van der Waals surface area contributed by atoms with Gasteiger partial charge in [0.15, 0.2) is 0 Å². The molecular weight excluding hydrogens is 211 g/mol. The summed E-state index contributed by atoms with van der Waals surface area (Å²) >= 11 is -0.0949. The van der Waals surface area contributed by atoms with Crippen molar-refractivity contribution in [1.82, 2.24) is 4.98 Å². The van der Waals surface area contributed by atoms with Gasteiger partial charge < -0.3 is 4.98 Å². The van der Waals surface area contributed by atoms with Crippen LogP contribution in [0, 0.1) is 0 Å². The fourth-order valence-electron chi connectivity index (χ4n) is 1.23. The predicted octanol–water partition coefficient (Wildman–Crippen LogP) is 3.78. The SMILES string of the molecule is FC(F)(F)Sc1ccc2[nH]ccc2c1. The Morgan fingerprint density at radius 3 is 2.64 bits per heavy atom. The third-order valence-electron chi connectivity index (χ3n) is 1.76. The van der Waals surface area contributed by atoms with E-state index >= 15 is 0 Å². The van der Waals surface area contributed by atoms with Crippen LogP contribution in [0.1, 0.15) is 0 Å². The zero-order valence-corrected chi connectivity index (χ0v) is 7.75. The minimum Gasteiger partial charge on any atom is -0.361 e. The lowest BCUT2D eigenvalue weighted by molar-refractivity contribution is -0.0328. The second-order valence-corrected chi connectivity index (χ2v) is 3.91. The van der Waals surface area contributed by atoms with Gasteiger partial charge in [0.2, 0.25) is 0 Å². The predicted molar refractivity (Wildman–Crippen MR) is 50.2 cm³/mol. The van der Waals surface area contributed by atoms with E-state index in [1.165, 1.54) is 12.1 Å². The van der Waals surface area contributed by atoms with Crippen LogP contribution in [0.4, 0.5) is 13.2 Å². The number of aromatic nitrogens is 1. The highest BCUT2D eigenvalue weighted by Crippen LogP contribution is 2.37. The number of H-pyrrole nitrogens is 1. The second kappa shape index (κ2) is 3.24. The Hall–Kier alpha value is -1.10. The van der Waals surface area contributed by atoms with Gasteiger partial charge in [-0.1, -0.05) is 0 Å². The van der Waals surface area contributed by atoms with Gasteiger partial charge in [0.05, 0.1) is 0 Å². The molecule has 0 saturated heterocycles. The molecule has 2 rings (SSSR count). The maximum absolute atomic E-state index is 12.0. The van der Waals surface area contributed by atoms with Gasteiger partial charge in [0, 0.05) is 22.0 Å². The smallest absolute Gasteiger partial charge is 0.361 e. The van der Waals surface area contributed by atoms with Crippen LogP contribution in [0.2, 0.25) is 0 Å². The lowest BCUT2D eigenvalue weighted by Crippen LogP contribution is -1.98. The first-order chi connectivity index (χ1) is 6.54. The Bertz CT molecular complexity index is 446. The summed E-state index contributed by atoms with van der Waals surface area (Å²) in [5.74, 6) is 0. The Morgan fingerprint density at radius 2 is 1.93 bits per heavy atom. The van der Waals surface area contributed by atoms with Gasteiger partial charge in [-0.25, -0.2) is 0 Å². The Kier molecular flexibility index (Phi) is 2.19. The highest BCUT2D eigenvalue weighted by atomic mass is 32.2. The van der Waals surface area contributed by atoms with E-state index < -0.39 is 5.51 Å². The second-order valence-electron chi connectivity index (χ2n) is 2.77. The molecule has 1 heterocycles. The molecule has 0 unspecified atom stereocenters. The highest BCUT2D eigenvalue weighted by Gasteiger charge is 2.29. The van der Waals surface area contributed by atoms with Crippen molar-refractivity contribution in [2.24, 2.45) is 0 Å². The molecule has 0 aliphatic carbocycles. The fourth-order valence-corrected chi connectivity index (χ4v) is 1.82. The quantitative estimate of drug-likeness (QED) is 0.719. The van der Waals surface area contributed by atoms with Gasteiger partial charge in [-0.2, -0.15) is 13.2 Å². The van der Waals surface area contributed by atoms with Gasteiger partial charge in [0.1, 0.15) is 0 Å². The lowest BCUT2D eigenvalue weighted by atomic mass is 10.2. The number of nitrogens with one attached hydrogen (secondary N) is 1. The number of hydrogen-bond acceptors (Lipinski definition) is 1. The molecule has 1 nitrogen and oxygen atoms in total. The molecule has 1 aromatic heterocycles. The Morgan fingerprint density at radius 1 is 1.14 bits per heavy atom. The van der Waals surface area contributed by atoms with Crippen LogP contribution >= 0.6 is 11.8 Å². The minimum atomic E-state index is -4.22. The maximum atomic E-state index is 12.0. The zero-order valence-electron chi connectivity index (χ0n) is 6.93. The van der Waals surface area contributed by atoms with Crippen LogP contribution in [-0.4, -0.2) is 10.5 Å². The van der Waals surface area contributed by atoms with E-state index in [1.54, 1.807) is 18.3 Å². The van der Waals surface area contributed by atoms with Crippen molar-refractivity contribution >= 4 is 22.7 Å². The van der Waals surface area contributed by atoms with Crippen molar-refractivity contribution in [3.63, 3.8) is 0 Å². The number of halogens is 3. The van der Waals surface area contributed by atoms with E-state index in [1.807, 2.05) is 0 Å². The normalized spacial score (nSPS) is 12.2. The van der Waals surface area contributed by atoms with Crippen molar-refractivity contribution in [2.75, 3.05) is 0 Å². The number of benzene rings is 1. The lowest BCUT2D eigenvalue weighted by Gasteiger charge is -2.04. The first kappa shape index (κ1) is 9.45. The molecular formula is C9H6F3NS. The summed E-state index contributed by atoms with van der Waals surface area (Å²) in [7, 11) is 0. The molecule has 1 N–H and O–H groups in total. The van der Waals surface area contributed by atoms with E-state index in [4.69, 9.17) is 0 Å². The molecule has 0 radical (unpaired) electrons. The van der Waals surface area contributed by atoms with E-state index in [9.17, 15) is 13.2 Å². The van der Waals surface area contributed by atoms with Crippen LogP contribution in [-0.2, 0) is 0 Å². The van der Waals surface area contributed by atoms with Gasteiger partial charge in [0.25, 0.3) is 0 Å². The zero-order chi connectivity index (χ0) is 10.2. The molecule has 0 aliphatic heterocycles. The fraction of sp³-hybridized carbons (Fsp3) is 0.111. The number of aromatic amines is 1. The van der Waals surface area contributed by atoms with E-state index in [0.29, 0.717) is 0 Å². The molecule has 5 heteroatoms. The summed E-state index contributed by atoms with van der Waals surface area (Å²) in [5.41, 5.74) is -3.37. The number of rotatable bonds is 1. The van der Waals surface area contributed by atoms with E-state index in [0.717, 1.165) is 10.9 Å². The first-order valence-corrected chi connectivity index (χ1v) is 4.69. The third-order valence-corrected chi connectivity index (χ3v) is 2.48. The molecule has 0 spiro atoms. The van der Waals surface area contributed by atoms with Crippen molar-refractivity contribution in [3.05, 3.63) is 30.5 Å². The van der Waals surface area contributed by atoms with Crippen LogP contribution in [0.25, 0.3) is 10.9 Å². The molecule has 1 aromatic carbocycles. The summed E-state index contributed by atoms with van der Waals surface area (Å²) in [6.07, 6.45) is 1.70. The van der Waals surface area contributed by atoms with Crippen LogP contribution < -0.4 is 0 Å². The van der Waals surface area contributed by atoms with E-state index in [-0.39, 0.29) is 16.7 Å². The minimum absolute atomic E-state index is 0.0949. The Balaban J connectivity index is 2.35. The molecule has 2 aromatic rings. The molecule has 0 bridgehead atoms. The van der Waals surface area contributed by atoms with Gasteiger partial charge in [-0.15, -0.1) is 0 Å². The summed E-state index contributed by atoms with van der Waals surface area (Å²) < 4.78 is 36.1. The first-order valence-electron chi connectivity index (χ1n) is 3.87. The van der Waals surface area contributed by atoms with Crippen molar-refractivity contribution < 1.29 is 13.2 Å². The molecule has 0 fully saturated rings. The monoisotopic (exact) mass is 217 g/mol. The average molecular weight is 217 g/mol. The summed E-state index contributed by atoms with van der Waals surface area (Å²) in [4.78, 5) is 3.13. The number of fused-ring (bicyclic) bond motifs is 1. The standard InChI is InChI=1S/C9H6F3NS/c10-9(11,12)14-7-1-2-8-6(5-7)3-4-13-8/h1-5,13H. The number of hydrogen-bond donors (Lipinski definition) is 1. The van der Waals surface area contributed by atoms with Gasteiger partial charge in [-0.05, 0) is 36.0 Å². The summed E-state index contributed by atoms with van der Waals surface area (Å²) in [6.45, 7) is 0. The topological polar surface area (TPSA) is 15.8 Å². The van der Waals surface area contributed by atoms with Crippen LogP contribution in [0.15, 0.2) is 35.4 Å². The van der Waals surface area contributed by atoms with Gasteiger partial charge in [-0.3, -0.25) is 0 Å². The molecule has 0 amide bonds. The Labute approximate surface area is 82.3 Å².